The Bertz CT molecular complexity index is 730. The molecular formula is C14H14N2O2S. The molecule has 1 aromatic carbocycles. The number of fused-ring (bicyclic) bond motifs is 1. The maximum atomic E-state index is 5.26. The largest absolute Gasteiger partial charge is 0.497 e. The Hall–Kier alpha value is -1.88. The van der Waals surface area contributed by atoms with Gasteiger partial charge in [0.25, 0.3) is 0 Å². The number of hydrogen-bond acceptors (Lipinski definition) is 5. The lowest BCUT2D eigenvalue weighted by Gasteiger charge is -1.98. The van der Waals surface area contributed by atoms with Crippen molar-refractivity contribution in [2.45, 2.75) is 20.3 Å². The second-order valence-corrected chi connectivity index (χ2v) is 5.34. The van der Waals surface area contributed by atoms with Crippen LogP contribution in [0.25, 0.3) is 20.8 Å². The van der Waals surface area contributed by atoms with Crippen LogP contribution >= 0.6 is 11.3 Å². The number of nitrogens with zero attached hydrogens (tertiary/aromatic N) is 2. The molecule has 0 aliphatic rings. The topological polar surface area (TPSA) is 48.2 Å². The van der Waals surface area contributed by atoms with E-state index in [1.54, 1.807) is 18.4 Å². The Morgan fingerprint density at radius 1 is 1.37 bits per heavy atom. The second-order valence-electron chi connectivity index (χ2n) is 4.28. The van der Waals surface area contributed by atoms with Gasteiger partial charge < -0.3 is 9.26 Å². The Balaban J connectivity index is 2.16. The van der Waals surface area contributed by atoms with Crippen LogP contribution in [0.1, 0.15) is 18.4 Å². The molecule has 0 aliphatic heterocycles. The first-order valence-electron chi connectivity index (χ1n) is 6.13. The summed E-state index contributed by atoms with van der Waals surface area (Å²) < 4.78 is 11.6. The minimum atomic E-state index is 0.671. The van der Waals surface area contributed by atoms with E-state index >= 15 is 0 Å². The van der Waals surface area contributed by atoms with Crippen LogP contribution in [0.4, 0.5) is 0 Å². The number of thiophene rings is 1. The molecule has 0 atom stereocenters. The summed E-state index contributed by atoms with van der Waals surface area (Å²) in [7, 11) is 1.68. The first kappa shape index (κ1) is 12.2. The molecule has 3 aromatic rings. The van der Waals surface area contributed by atoms with Gasteiger partial charge in [-0.05, 0) is 36.1 Å². The van der Waals surface area contributed by atoms with Crippen molar-refractivity contribution in [3.8, 4) is 16.5 Å². The fourth-order valence-electron chi connectivity index (χ4n) is 2.04. The lowest BCUT2D eigenvalue weighted by Crippen LogP contribution is -1.82. The number of aryl methyl sites for hydroxylation is 2. The SMILES string of the molecule is CCc1nc(-c2sc3cc(OC)ccc3c2C)no1. The molecule has 0 fully saturated rings. The molecule has 5 heteroatoms. The second kappa shape index (κ2) is 4.66. The summed E-state index contributed by atoms with van der Waals surface area (Å²) in [5, 5.41) is 5.26. The van der Waals surface area contributed by atoms with Crippen molar-refractivity contribution in [1.82, 2.24) is 10.1 Å². The van der Waals surface area contributed by atoms with Crippen molar-refractivity contribution < 1.29 is 9.26 Å². The quantitative estimate of drug-likeness (QED) is 0.728. The molecule has 0 saturated carbocycles. The third-order valence-electron chi connectivity index (χ3n) is 3.12. The highest BCUT2D eigenvalue weighted by atomic mass is 32.1. The number of methoxy groups -OCH3 is 1. The van der Waals surface area contributed by atoms with Gasteiger partial charge in [-0.15, -0.1) is 11.3 Å². The number of rotatable bonds is 3. The molecule has 0 N–H and O–H groups in total. The van der Waals surface area contributed by atoms with Crippen LogP contribution in [0.3, 0.4) is 0 Å². The minimum Gasteiger partial charge on any atom is -0.497 e. The van der Waals surface area contributed by atoms with Crippen LogP contribution in [0.2, 0.25) is 0 Å². The van der Waals surface area contributed by atoms with Crippen LogP contribution < -0.4 is 4.74 Å². The molecule has 0 spiro atoms. The van der Waals surface area contributed by atoms with E-state index in [2.05, 4.69) is 23.1 Å². The third kappa shape index (κ3) is 2.00. The van der Waals surface area contributed by atoms with Gasteiger partial charge in [0.2, 0.25) is 11.7 Å². The smallest absolute Gasteiger partial charge is 0.226 e. The Morgan fingerprint density at radius 3 is 2.89 bits per heavy atom. The fourth-order valence-corrected chi connectivity index (χ4v) is 3.20. The average molecular weight is 274 g/mol. The van der Waals surface area contributed by atoms with Crippen molar-refractivity contribution in [1.29, 1.82) is 0 Å². The minimum absolute atomic E-state index is 0.671. The molecule has 0 unspecified atom stereocenters. The Labute approximate surface area is 115 Å². The first-order chi connectivity index (χ1) is 9.22. The van der Waals surface area contributed by atoms with Crippen molar-refractivity contribution in [3.63, 3.8) is 0 Å². The molecular weight excluding hydrogens is 260 g/mol. The van der Waals surface area contributed by atoms with Crippen molar-refractivity contribution >= 4 is 21.4 Å². The standard InChI is InChI=1S/C14H14N2O2S/c1-4-12-15-14(16-18-12)13-8(2)10-6-5-9(17-3)7-11(10)19-13/h5-7H,4H2,1-3H3. The molecule has 4 nitrogen and oxygen atoms in total. The van der Waals surface area contributed by atoms with E-state index in [4.69, 9.17) is 9.26 Å². The lowest BCUT2D eigenvalue weighted by atomic mass is 10.1. The predicted octanol–water partition coefficient (Wildman–Crippen LogP) is 3.83. The average Bonchev–Trinajstić information content (AvgIpc) is 3.03. The van der Waals surface area contributed by atoms with Crippen LogP contribution in [0.15, 0.2) is 22.7 Å². The Kier molecular flexibility index (Phi) is 2.98. The van der Waals surface area contributed by atoms with Gasteiger partial charge in [-0.1, -0.05) is 12.1 Å². The summed E-state index contributed by atoms with van der Waals surface area (Å²) in [6, 6.07) is 6.08. The van der Waals surface area contributed by atoms with Gasteiger partial charge in [-0.25, -0.2) is 0 Å². The third-order valence-corrected chi connectivity index (χ3v) is 4.37. The van der Waals surface area contributed by atoms with E-state index in [0.29, 0.717) is 11.7 Å². The number of ether oxygens (including phenoxy) is 1. The summed E-state index contributed by atoms with van der Waals surface area (Å²) >= 11 is 1.67. The van der Waals surface area contributed by atoms with Gasteiger partial charge in [0.15, 0.2) is 0 Å². The van der Waals surface area contributed by atoms with Gasteiger partial charge in [0, 0.05) is 11.1 Å². The highest BCUT2D eigenvalue weighted by molar-refractivity contribution is 7.22. The van der Waals surface area contributed by atoms with E-state index in [0.717, 1.165) is 17.0 Å². The summed E-state index contributed by atoms with van der Waals surface area (Å²) in [6.07, 6.45) is 0.755. The van der Waals surface area contributed by atoms with E-state index in [9.17, 15) is 0 Å². The number of aromatic nitrogens is 2. The van der Waals surface area contributed by atoms with Gasteiger partial charge in [0.05, 0.1) is 12.0 Å². The lowest BCUT2D eigenvalue weighted by molar-refractivity contribution is 0.383. The summed E-state index contributed by atoms with van der Waals surface area (Å²) in [5.74, 6) is 2.21. The summed E-state index contributed by atoms with van der Waals surface area (Å²) in [6.45, 7) is 4.09. The van der Waals surface area contributed by atoms with Crippen molar-refractivity contribution in [2.75, 3.05) is 7.11 Å². The van der Waals surface area contributed by atoms with Crippen molar-refractivity contribution in [3.05, 3.63) is 29.7 Å². The maximum Gasteiger partial charge on any atom is 0.226 e. The highest BCUT2D eigenvalue weighted by Crippen LogP contribution is 2.38. The van der Waals surface area contributed by atoms with Crippen LogP contribution in [0.5, 0.6) is 5.75 Å². The molecule has 0 saturated heterocycles. The summed E-state index contributed by atoms with van der Waals surface area (Å²) in [4.78, 5) is 5.46. The van der Waals surface area contributed by atoms with Gasteiger partial charge in [0.1, 0.15) is 5.75 Å². The van der Waals surface area contributed by atoms with E-state index < -0.39 is 0 Å². The monoisotopic (exact) mass is 274 g/mol. The molecule has 3 rings (SSSR count). The van der Waals surface area contributed by atoms with Gasteiger partial charge in [-0.2, -0.15) is 4.98 Å². The molecule has 0 amide bonds. The Morgan fingerprint density at radius 2 is 2.21 bits per heavy atom. The van der Waals surface area contributed by atoms with Gasteiger partial charge in [-0.3, -0.25) is 0 Å². The van der Waals surface area contributed by atoms with Crippen LogP contribution in [0, 0.1) is 6.92 Å². The zero-order chi connectivity index (χ0) is 13.4. The van der Waals surface area contributed by atoms with Crippen LogP contribution in [-0.4, -0.2) is 17.3 Å². The normalized spacial score (nSPS) is 11.1. The molecule has 2 aromatic heterocycles. The van der Waals surface area contributed by atoms with E-state index in [1.807, 2.05) is 19.1 Å². The predicted molar refractivity (Wildman–Crippen MR) is 75.8 cm³/mol. The van der Waals surface area contributed by atoms with E-state index in [-0.39, 0.29) is 0 Å². The molecule has 2 heterocycles. The number of benzene rings is 1. The fraction of sp³-hybridized carbons (Fsp3) is 0.286. The van der Waals surface area contributed by atoms with E-state index in [1.165, 1.54) is 15.6 Å². The van der Waals surface area contributed by atoms with Crippen molar-refractivity contribution in [2.24, 2.45) is 0 Å². The highest BCUT2D eigenvalue weighted by Gasteiger charge is 2.15. The first-order valence-corrected chi connectivity index (χ1v) is 6.94. The molecule has 0 aliphatic carbocycles. The zero-order valence-electron chi connectivity index (χ0n) is 11.1. The molecule has 0 radical (unpaired) electrons. The summed E-state index contributed by atoms with van der Waals surface area (Å²) in [5.41, 5.74) is 1.19. The van der Waals surface area contributed by atoms with Gasteiger partial charge >= 0.3 is 0 Å². The number of hydrogen-bond donors (Lipinski definition) is 0. The molecule has 0 bridgehead atoms. The zero-order valence-corrected chi connectivity index (χ0v) is 11.9. The molecule has 19 heavy (non-hydrogen) atoms. The maximum absolute atomic E-state index is 5.26. The molecule has 98 valence electrons. The van der Waals surface area contributed by atoms with Crippen LogP contribution in [-0.2, 0) is 6.42 Å².